The Morgan fingerprint density at radius 1 is 1.22 bits per heavy atom. The number of nitrogens with one attached hydrogen (secondary N) is 1. The van der Waals surface area contributed by atoms with Crippen LogP contribution in [-0.2, 0) is 4.79 Å². The van der Waals surface area contributed by atoms with Crippen LogP contribution in [0, 0.1) is 18.3 Å². The molecule has 0 aliphatic heterocycles. The minimum absolute atomic E-state index is 0.149. The molecule has 0 spiro atoms. The van der Waals surface area contributed by atoms with Gasteiger partial charge in [0.05, 0.1) is 35.1 Å². The molecule has 0 amide bonds. The van der Waals surface area contributed by atoms with Crippen LogP contribution in [0.3, 0.4) is 0 Å². The van der Waals surface area contributed by atoms with Crippen molar-refractivity contribution in [2.45, 2.75) is 52.1 Å². The van der Waals surface area contributed by atoms with Gasteiger partial charge in [0.1, 0.15) is 0 Å². The number of rotatable bonds is 7. The van der Waals surface area contributed by atoms with Gasteiger partial charge >= 0.3 is 11.7 Å². The van der Waals surface area contributed by atoms with E-state index in [0.717, 1.165) is 28.5 Å². The van der Waals surface area contributed by atoms with E-state index in [-0.39, 0.29) is 18.2 Å². The Morgan fingerprint density at radius 3 is 2.69 bits per heavy atom. The molecule has 0 bridgehead atoms. The molecular weight excluding hydrogens is 404 g/mol. The molecule has 0 aliphatic carbocycles. The van der Waals surface area contributed by atoms with Crippen molar-refractivity contribution in [3.63, 3.8) is 0 Å². The Morgan fingerprint density at radius 2 is 2.00 bits per heavy atom. The van der Waals surface area contributed by atoms with Crippen LogP contribution >= 0.6 is 0 Å². The predicted molar refractivity (Wildman–Crippen MR) is 124 cm³/mol. The first kappa shape index (κ1) is 21.4. The Labute approximate surface area is 185 Å². The van der Waals surface area contributed by atoms with Crippen molar-refractivity contribution in [3.05, 3.63) is 69.8 Å². The largest absolute Gasteiger partial charge is 0.481 e. The van der Waals surface area contributed by atoms with Crippen molar-refractivity contribution < 1.29 is 9.90 Å². The van der Waals surface area contributed by atoms with E-state index in [9.17, 15) is 20.0 Å². The maximum Gasteiger partial charge on any atom is 0.329 e. The second-order valence-electron chi connectivity index (χ2n) is 8.30. The van der Waals surface area contributed by atoms with Crippen LogP contribution in [0.1, 0.15) is 61.9 Å². The normalized spacial score (nSPS) is 13.3. The molecule has 4 aromatic rings. The number of H-pyrrole nitrogens is 1. The maximum absolute atomic E-state index is 13.8. The maximum atomic E-state index is 13.8. The van der Waals surface area contributed by atoms with Crippen molar-refractivity contribution in [2.75, 3.05) is 0 Å². The van der Waals surface area contributed by atoms with E-state index in [1.54, 1.807) is 27.3 Å². The lowest BCUT2D eigenvalue weighted by Gasteiger charge is -2.17. The summed E-state index contributed by atoms with van der Waals surface area (Å²) in [6.45, 7) is 5.99. The summed E-state index contributed by atoms with van der Waals surface area (Å²) in [6, 6.07) is 12.6. The third kappa shape index (κ3) is 3.48. The van der Waals surface area contributed by atoms with Gasteiger partial charge < -0.3 is 10.1 Å². The summed E-state index contributed by atoms with van der Waals surface area (Å²) in [5.74, 6) is -0.951. The Bertz CT molecular complexity index is 1420. The topological polar surface area (TPSA) is 104 Å². The van der Waals surface area contributed by atoms with Gasteiger partial charge in [0.25, 0.3) is 0 Å². The molecule has 0 saturated heterocycles. The van der Waals surface area contributed by atoms with E-state index >= 15 is 0 Å². The van der Waals surface area contributed by atoms with Gasteiger partial charge in [-0.15, -0.1) is 0 Å². The molecule has 0 fully saturated rings. The zero-order chi connectivity index (χ0) is 23.0. The second-order valence-corrected chi connectivity index (χ2v) is 8.30. The fourth-order valence-electron chi connectivity index (χ4n) is 4.76. The molecule has 1 unspecified atom stereocenters. The van der Waals surface area contributed by atoms with E-state index < -0.39 is 12.0 Å². The number of fused-ring (bicyclic) bond motifs is 2. The molecule has 0 saturated carbocycles. The highest BCUT2D eigenvalue weighted by molar-refractivity contribution is 5.87. The number of nitrogens with zero attached hydrogens (tertiary/aromatic N) is 3. The number of aromatic nitrogens is 3. The fourth-order valence-corrected chi connectivity index (χ4v) is 4.76. The number of carbonyl (C=O) groups is 1. The quantitative estimate of drug-likeness (QED) is 0.436. The number of imidazole rings is 1. The average Bonchev–Trinajstić information content (AvgIpc) is 3.31. The Hall–Kier alpha value is -3.79. The number of aromatic amines is 1. The monoisotopic (exact) mass is 430 g/mol. The minimum atomic E-state index is -0.951. The van der Waals surface area contributed by atoms with E-state index in [4.69, 9.17) is 0 Å². The lowest BCUT2D eigenvalue weighted by atomic mass is 10.0. The molecule has 0 radical (unpaired) electrons. The number of carboxylic acids is 1. The van der Waals surface area contributed by atoms with Crippen molar-refractivity contribution in [3.8, 4) is 6.07 Å². The SMILES string of the molecule is CCCC(CC(=O)O)n1c(=O)n([C@@H](C)c2c[nH]c3cccc(C)c23)c2ccc(C#N)cc21. The van der Waals surface area contributed by atoms with Gasteiger partial charge in [0, 0.05) is 28.7 Å². The Balaban J connectivity index is 1.99. The molecule has 2 aromatic heterocycles. The third-order valence-electron chi connectivity index (χ3n) is 6.22. The summed E-state index contributed by atoms with van der Waals surface area (Å²) < 4.78 is 3.29. The molecule has 4 rings (SSSR count). The van der Waals surface area contributed by atoms with E-state index in [0.29, 0.717) is 23.0 Å². The van der Waals surface area contributed by atoms with Crippen molar-refractivity contribution in [1.82, 2.24) is 14.1 Å². The molecule has 32 heavy (non-hydrogen) atoms. The first-order valence-corrected chi connectivity index (χ1v) is 10.8. The number of hydrogen-bond acceptors (Lipinski definition) is 3. The molecule has 164 valence electrons. The highest BCUT2D eigenvalue weighted by Crippen LogP contribution is 2.32. The van der Waals surface area contributed by atoms with Gasteiger partial charge in [-0.05, 0) is 50.1 Å². The van der Waals surface area contributed by atoms with E-state index in [1.165, 1.54) is 0 Å². The van der Waals surface area contributed by atoms with Crippen molar-refractivity contribution in [2.24, 2.45) is 0 Å². The van der Waals surface area contributed by atoms with Crippen molar-refractivity contribution in [1.29, 1.82) is 5.26 Å². The van der Waals surface area contributed by atoms with Gasteiger partial charge in [-0.3, -0.25) is 13.9 Å². The standard InChI is InChI=1S/C25H26N4O3/c1-4-6-18(12-23(30)31)29-22-11-17(13-26)9-10-21(22)28(25(29)32)16(3)19-14-27-20-8-5-7-15(2)24(19)20/h5,7-11,14,16,18,27H,4,6,12H2,1-3H3,(H,30,31)/t16-,18?/m0/s1. The highest BCUT2D eigenvalue weighted by Gasteiger charge is 2.26. The lowest BCUT2D eigenvalue weighted by molar-refractivity contribution is -0.137. The number of carboxylic acid groups (broad SMARTS) is 1. The van der Waals surface area contributed by atoms with Gasteiger partial charge in [-0.2, -0.15) is 5.26 Å². The summed E-state index contributed by atoms with van der Waals surface area (Å²) >= 11 is 0. The summed E-state index contributed by atoms with van der Waals surface area (Å²) in [4.78, 5) is 28.6. The van der Waals surface area contributed by atoms with E-state index in [2.05, 4.69) is 11.1 Å². The number of benzene rings is 2. The predicted octanol–water partition coefficient (Wildman–Crippen LogP) is 4.89. The average molecular weight is 431 g/mol. The first-order valence-electron chi connectivity index (χ1n) is 10.8. The summed E-state index contributed by atoms with van der Waals surface area (Å²) in [6.07, 6.45) is 3.08. The zero-order valence-corrected chi connectivity index (χ0v) is 18.4. The van der Waals surface area contributed by atoms with Gasteiger partial charge in [-0.25, -0.2) is 4.79 Å². The number of nitriles is 1. The van der Waals surface area contributed by atoms with Crippen LogP contribution < -0.4 is 5.69 Å². The van der Waals surface area contributed by atoms with Crippen LogP contribution in [0.25, 0.3) is 21.9 Å². The van der Waals surface area contributed by atoms with Gasteiger partial charge in [0.2, 0.25) is 0 Å². The van der Waals surface area contributed by atoms with Crippen LogP contribution in [0.2, 0.25) is 0 Å². The van der Waals surface area contributed by atoms with Gasteiger partial charge in [-0.1, -0.05) is 25.5 Å². The molecule has 2 atom stereocenters. The third-order valence-corrected chi connectivity index (χ3v) is 6.22. The minimum Gasteiger partial charge on any atom is -0.481 e. The van der Waals surface area contributed by atoms with Gasteiger partial charge in [0.15, 0.2) is 0 Å². The lowest BCUT2D eigenvalue weighted by Crippen LogP contribution is -2.30. The molecular formula is C25H26N4O3. The molecule has 7 heteroatoms. The van der Waals surface area contributed by atoms with Crippen LogP contribution in [0.15, 0.2) is 47.4 Å². The number of aliphatic carboxylic acids is 1. The van der Waals surface area contributed by atoms with Crippen LogP contribution in [0.4, 0.5) is 0 Å². The Kier molecular flexibility index (Phi) is 5.62. The van der Waals surface area contributed by atoms with E-state index in [1.807, 2.05) is 45.2 Å². The van der Waals surface area contributed by atoms with Crippen LogP contribution in [0.5, 0.6) is 0 Å². The molecule has 7 nitrogen and oxygen atoms in total. The van der Waals surface area contributed by atoms with Crippen LogP contribution in [-0.4, -0.2) is 25.2 Å². The summed E-state index contributed by atoms with van der Waals surface area (Å²) in [5.41, 5.74) is 4.57. The second kappa shape index (κ2) is 8.39. The molecule has 0 aliphatic rings. The number of aryl methyl sites for hydroxylation is 1. The highest BCUT2D eigenvalue weighted by atomic mass is 16.4. The molecule has 2 aromatic carbocycles. The fraction of sp³-hybridized carbons (Fsp3) is 0.320. The summed E-state index contributed by atoms with van der Waals surface area (Å²) in [7, 11) is 0. The number of hydrogen-bond donors (Lipinski definition) is 2. The van der Waals surface area contributed by atoms with Crippen molar-refractivity contribution >= 4 is 27.9 Å². The summed E-state index contributed by atoms with van der Waals surface area (Å²) in [5, 5.41) is 20.0. The zero-order valence-electron chi connectivity index (χ0n) is 18.4. The molecule has 2 N–H and O–H groups in total. The molecule has 2 heterocycles. The smallest absolute Gasteiger partial charge is 0.329 e. The first-order chi connectivity index (χ1) is 15.4.